The summed E-state index contributed by atoms with van der Waals surface area (Å²) in [7, 11) is 1.80. The van der Waals surface area contributed by atoms with Gasteiger partial charge in [0.05, 0.1) is 5.69 Å². The van der Waals surface area contributed by atoms with Crippen molar-refractivity contribution in [3.63, 3.8) is 0 Å². The van der Waals surface area contributed by atoms with Crippen LogP contribution in [0.3, 0.4) is 0 Å². The highest BCUT2D eigenvalue weighted by Gasteiger charge is 2.22. The van der Waals surface area contributed by atoms with E-state index in [1.807, 2.05) is 12.1 Å². The molecule has 1 fully saturated rings. The largest absolute Gasteiger partial charge is 0.482 e. The van der Waals surface area contributed by atoms with Crippen molar-refractivity contribution in [1.29, 1.82) is 0 Å². The minimum Gasteiger partial charge on any atom is -0.482 e. The third kappa shape index (κ3) is 4.25. The van der Waals surface area contributed by atoms with Gasteiger partial charge in [-0.3, -0.25) is 9.69 Å². The first-order chi connectivity index (χ1) is 13.7. The van der Waals surface area contributed by atoms with E-state index in [1.165, 1.54) is 12.0 Å². The van der Waals surface area contributed by atoms with E-state index >= 15 is 0 Å². The molecule has 0 radical (unpaired) electrons. The summed E-state index contributed by atoms with van der Waals surface area (Å²) in [5.41, 5.74) is 2.13. The lowest BCUT2D eigenvalue weighted by molar-refractivity contribution is -0.120. The summed E-state index contributed by atoms with van der Waals surface area (Å²) >= 11 is 0. The molecule has 28 heavy (non-hydrogen) atoms. The van der Waals surface area contributed by atoms with Gasteiger partial charge in [0.15, 0.2) is 6.61 Å². The van der Waals surface area contributed by atoms with E-state index < -0.39 is 0 Å². The average Bonchev–Trinajstić information content (AvgIpc) is 2.75. The number of fused-ring (bicyclic) bond motifs is 1. The summed E-state index contributed by atoms with van der Waals surface area (Å²) in [5.74, 6) is 1.65. The molecule has 7 heteroatoms. The second-order valence-electron chi connectivity index (χ2n) is 7.38. The smallest absolute Gasteiger partial charge is 0.264 e. The predicted molar refractivity (Wildman–Crippen MR) is 109 cm³/mol. The molecule has 1 amide bonds. The van der Waals surface area contributed by atoms with Crippen LogP contribution in [0, 0.1) is 0 Å². The van der Waals surface area contributed by atoms with Crippen LogP contribution in [0.5, 0.6) is 5.75 Å². The lowest BCUT2D eigenvalue weighted by Gasteiger charge is -2.34. The van der Waals surface area contributed by atoms with Crippen molar-refractivity contribution in [2.24, 2.45) is 0 Å². The van der Waals surface area contributed by atoms with Gasteiger partial charge in [-0.15, -0.1) is 0 Å². The molecule has 0 atom stereocenters. The molecule has 0 spiro atoms. The highest BCUT2D eigenvalue weighted by Crippen LogP contribution is 2.32. The summed E-state index contributed by atoms with van der Waals surface area (Å²) < 4.78 is 5.58. The maximum Gasteiger partial charge on any atom is 0.264 e. The Bertz CT molecular complexity index is 806. The normalized spacial score (nSPS) is 17.4. The molecule has 0 N–H and O–H groups in total. The van der Waals surface area contributed by atoms with Crippen LogP contribution < -0.4 is 14.5 Å². The number of aryl methyl sites for hydroxylation is 1. The first-order valence-electron chi connectivity index (χ1n) is 9.97. The van der Waals surface area contributed by atoms with Crippen LogP contribution in [-0.4, -0.2) is 67.2 Å². The maximum absolute atomic E-state index is 11.7. The van der Waals surface area contributed by atoms with E-state index in [9.17, 15) is 4.79 Å². The van der Waals surface area contributed by atoms with Gasteiger partial charge < -0.3 is 14.5 Å². The topological polar surface area (TPSA) is 61.8 Å². The Balaban J connectivity index is 1.19. The Morgan fingerprint density at radius 2 is 1.86 bits per heavy atom. The van der Waals surface area contributed by atoms with E-state index in [1.54, 1.807) is 24.3 Å². The fourth-order valence-corrected chi connectivity index (χ4v) is 3.77. The van der Waals surface area contributed by atoms with Crippen LogP contribution in [0.1, 0.15) is 18.4 Å². The SMILES string of the molecule is CN1C(=O)COc2cc(CCCCN3CCN(c4ncccn4)CC3)ccc21. The molecule has 4 rings (SSSR count). The van der Waals surface area contributed by atoms with Crippen molar-refractivity contribution < 1.29 is 9.53 Å². The second kappa shape index (κ2) is 8.56. The lowest BCUT2D eigenvalue weighted by Crippen LogP contribution is -2.47. The fourth-order valence-electron chi connectivity index (χ4n) is 3.77. The standard InChI is InChI=1S/C21H27N5O2/c1-24-18-7-6-17(15-19(18)28-16-20(24)27)5-2-3-10-25-11-13-26(14-12-25)21-22-8-4-9-23-21/h4,6-9,15H,2-3,5,10-14,16H2,1H3. The maximum atomic E-state index is 11.7. The van der Waals surface area contributed by atoms with Crippen molar-refractivity contribution in [2.75, 3.05) is 56.2 Å². The highest BCUT2D eigenvalue weighted by atomic mass is 16.5. The Morgan fingerprint density at radius 3 is 2.64 bits per heavy atom. The molecule has 2 aliphatic rings. The van der Waals surface area contributed by atoms with Crippen LogP contribution in [0.2, 0.25) is 0 Å². The number of likely N-dealkylation sites (N-methyl/N-ethyl adjacent to an activating group) is 1. The molecule has 0 saturated carbocycles. The highest BCUT2D eigenvalue weighted by molar-refractivity contribution is 5.97. The molecule has 1 aromatic heterocycles. The molecule has 0 unspecified atom stereocenters. The second-order valence-corrected chi connectivity index (χ2v) is 7.38. The summed E-state index contributed by atoms with van der Waals surface area (Å²) in [4.78, 5) is 26.8. The molecule has 1 aromatic carbocycles. The van der Waals surface area contributed by atoms with Crippen molar-refractivity contribution in [2.45, 2.75) is 19.3 Å². The number of carbonyl (C=O) groups excluding carboxylic acids is 1. The average molecular weight is 381 g/mol. The van der Waals surface area contributed by atoms with Gasteiger partial charge in [0.2, 0.25) is 5.95 Å². The number of amides is 1. The molecular weight excluding hydrogens is 354 g/mol. The van der Waals surface area contributed by atoms with Crippen LogP contribution in [0.4, 0.5) is 11.6 Å². The summed E-state index contributed by atoms with van der Waals surface area (Å²) in [6, 6.07) is 8.03. The number of benzene rings is 1. The van der Waals surface area contributed by atoms with Gasteiger partial charge >= 0.3 is 0 Å². The van der Waals surface area contributed by atoms with E-state index in [-0.39, 0.29) is 12.5 Å². The van der Waals surface area contributed by atoms with E-state index in [0.717, 1.165) is 63.0 Å². The molecule has 3 heterocycles. The van der Waals surface area contributed by atoms with E-state index in [0.29, 0.717) is 0 Å². The Hall–Kier alpha value is -2.67. The van der Waals surface area contributed by atoms with E-state index in [4.69, 9.17) is 4.74 Å². The van der Waals surface area contributed by atoms with Gasteiger partial charge in [-0.05, 0) is 49.6 Å². The Kier molecular flexibility index (Phi) is 5.71. The number of carbonyl (C=O) groups is 1. The van der Waals surface area contributed by atoms with Crippen molar-refractivity contribution in [3.8, 4) is 5.75 Å². The molecular formula is C21H27N5O2. The Morgan fingerprint density at radius 1 is 1.07 bits per heavy atom. The van der Waals surface area contributed by atoms with Gasteiger partial charge in [0.25, 0.3) is 5.91 Å². The molecule has 0 aliphatic carbocycles. The van der Waals surface area contributed by atoms with Gasteiger partial charge in [-0.25, -0.2) is 9.97 Å². The zero-order valence-electron chi connectivity index (χ0n) is 16.4. The number of anilines is 2. The monoisotopic (exact) mass is 381 g/mol. The predicted octanol–water partition coefficient (Wildman–Crippen LogP) is 1.98. The minimum absolute atomic E-state index is 0.000765. The van der Waals surface area contributed by atoms with Crippen LogP contribution in [0.15, 0.2) is 36.7 Å². The minimum atomic E-state index is -0.000765. The lowest BCUT2D eigenvalue weighted by atomic mass is 10.1. The van der Waals surface area contributed by atoms with Crippen LogP contribution in [0.25, 0.3) is 0 Å². The number of hydrogen-bond donors (Lipinski definition) is 0. The molecule has 7 nitrogen and oxygen atoms in total. The third-order valence-corrected chi connectivity index (χ3v) is 5.51. The number of piperazine rings is 1. The third-order valence-electron chi connectivity index (χ3n) is 5.51. The first kappa shape index (κ1) is 18.7. The van der Waals surface area contributed by atoms with Crippen molar-refractivity contribution in [3.05, 3.63) is 42.2 Å². The van der Waals surface area contributed by atoms with Crippen LogP contribution in [-0.2, 0) is 11.2 Å². The number of aromatic nitrogens is 2. The van der Waals surface area contributed by atoms with Gasteiger partial charge in [-0.1, -0.05) is 6.07 Å². The number of nitrogens with zero attached hydrogens (tertiary/aromatic N) is 5. The molecule has 2 aromatic rings. The van der Waals surface area contributed by atoms with Gasteiger partial charge in [-0.2, -0.15) is 0 Å². The zero-order valence-corrected chi connectivity index (χ0v) is 16.4. The summed E-state index contributed by atoms with van der Waals surface area (Å²) in [6.45, 7) is 5.35. The summed E-state index contributed by atoms with van der Waals surface area (Å²) in [6.07, 6.45) is 6.96. The van der Waals surface area contributed by atoms with Gasteiger partial charge in [0.1, 0.15) is 5.75 Å². The van der Waals surface area contributed by atoms with E-state index in [2.05, 4.69) is 31.9 Å². The van der Waals surface area contributed by atoms with Crippen molar-refractivity contribution in [1.82, 2.24) is 14.9 Å². The number of ether oxygens (including phenoxy) is 1. The Labute approximate surface area is 165 Å². The van der Waals surface area contributed by atoms with Crippen molar-refractivity contribution >= 4 is 17.5 Å². The van der Waals surface area contributed by atoms with Crippen LogP contribution >= 0.6 is 0 Å². The quantitative estimate of drug-likeness (QED) is 0.713. The summed E-state index contributed by atoms with van der Waals surface area (Å²) in [5, 5.41) is 0. The zero-order chi connectivity index (χ0) is 19.3. The number of hydrogen-bond acceptors (Lipinski definition) is 6. The fraction of sp³-hybridized carbons (Fsp3) is 0.476. The molecule has 148 valence electrons. The molecule has 0 bridgehead atoms. The molecule has 1 saturated heterocycles. The molecule has 2 aliphatic heterocycles. The number of rotatable bonds is 6. The number of unbranched alkanes of at least 4 members (excludes halogenated alkanes) is 1. The van der Waals surface area contributed by atoms with Gasteiger partial charge in [0, 0.05) is 45.6 Å². The first-order valence-corrected chi connectivity index (χ1v) is 9.97.